The maximum Gasteiger partial charge on any atom is 0.286 e. The molecule has 0 spiro atoms. The van der Waals surface area contributed by atoms with Gasteiger partial charge >= 0.3 is 0 Å². The minimum Gasteiger partial charge on any atom is -0.341 e. The van der Waals surface area contributed by atoms with Crippen LogP contribution in [0.1, 0.15) is 5.82 Å². The predicted octanol–water partition coefficient (Wildman–Crippen LogP) is 2.52. The Morgan fingerprint density at radius 2 is 1.91 bits per heavy atom. The molecule has 0 aliphatic carbocycles. The van der Waals surface area contributed by atoms with E-state index < -0.39 is 0 Å². The molecular formula is C21H14N10OS. The van der Waals surface area contributed by atoms with Gasteiger partial charge in [-0.3, -0.25) is 9.36 Å². The maximum absolute atomic E-state index is 13.4. The normalized spacial score (nSPS) is 11.4. The third-order valence-electron chi connectivity index (χ3n) is 4.98. The molecule has 0 amide bonds. The third kappa shape index (κ3) is 3.51. The van der Waals surface area contributed by atoms with Crippen LogP contribution >= 0.6 is 11.8 Å². The van der Waals surface area contributed by atoms with Crippen LogP contribution in [0.15, 0.2) is 70.9 Å². The third-order valence-corrected chi connectivity index (χ3v) is 5.93. The molecule has 0 aliphatic rings. The molecule has 0 unspecified atom stereocenters. The molecule has 0 saturated carbocycles. The van der Waals surface area contributed by atoms with E-state index in [1.165, 1.54) is 28.7 Å². The molecule has 0 saturated heterocycles. The van der Waals surface area contributed by atoms with Crippen LogP contribution in [0.5, 0.6) is 0 Å². The van der Waals surface area contributed by atoms with Gasteiger partial charge in [0, 0.05) is 18.0 Å². The number of para-hydroxylation sites is 2. The van der Waals surface area contributed by atoms with E-state index in [0.717, 1.165) is 22.4 Å². The molecule has 2 N–H and O–H groups in total. The molecule has 11 nitrogen and oxygen atoms in total. The number of hydrogen-bond acceptors (Lipinski definition) is 9. The minimum atomic E-state index is -0.312. The van der Waals surface area contributed by atoms with Crippen molar-refractivity contribution in [3.05, 3.63) is 77.1 Å². The van der Waals surface area contributed by atoms with Gasteiger partial charge in [0.1, 0.15) is 5.82 Å². The first-order valence-electron chi connectivity index (χ1n) is 9.91. The number of hydrogen-bond donors (Lipinski definition) is 2. The quantitative estimate of drug-likeness (QED) is 0.296. The summed E-state index contributed by atoms with van der Waals surface area (Å²) >= 11 is 1.38. The first-order valence-corrected chi connectivity index (χ1v) is 10.9. The Kier molecular flexibility index (Phi) is 4.61. The summed E-state index contributed by atoms with van der Waals surface area (Å²) in [5.74, 6) is 1.76. The Morgan fingerprint density at radius 3 is 2.79 bits per heavy atom. The summed E-state index contributed by atoms with van der Waals surface area (Å²) in [4.78, 5) is 34.4. The van der Waals surface area contributed by atoms with Gasteiger partial charge in [0.05, 0.1) is 22.5 Å². The molecule has 12 heteroatoms. The van der Waals surface area contributed by atoms with Gasteiger partial charge in [0.25, 0.3) is 5.56 Å². The number of nitrogens with one attached hydrogen (secondary N) is 2. The second-order valence-electron chi connectivity index (χ2n) is 7.05. The van der Waals surface area contributed by atoms with Crippen LogP contribution in [-0.2, 0) is 5.75 Å². The largest absolute Gasteiger partial charge is 0.341 e. The SMILES string of the molecule is O=c1c2nccnc2nc(SCc2nc3ccccc3[nH]2)n1-c1cccc(-c2nnn[nH]2)c1. The van der Waals surface area contributed by atoms with Crippen LogP contribution in [0.25, 0.3) is 39.3 Å². The van der Waals surface area contributed by atoms with Crippen molar-refractivity contribution in [2.45, 2.75) is 10.9 Å². The summed E-state index contributed by atoms with van der Waals surface area (Å²) in [5.41, 5.74) is 3.36. The van der Waals surface area contributed by atoms with Gasteiger partial charge in [0.15, 0.2) is 22.1 Å². The molecule has 2 aromatic carbocycles. The number of aromatic nitrogens is 10. The monoisotopic (exact) mass is 454 g/mol. The number of nitrogens with zero attached hydrogens (tertiary/aromatic N) is 8. The van der Waals surface area contributed by atoms with Crippen molar-refractivity contribution in [2.24, 2.45) is 0 Å². The summed E-state index contributed by atoms with van der Waals surface area (Å²) in [5, 5.41) is 14.4. The first-order chi connectivity index (χ1) is 16.3. The van der Waals surface area contributed by atoms with Crippen molar-refractivity contribution in [1.82, 2.24) is 50.1 Å². The van der Waals surface area contributed by atoms with Gasteiger partial charge in [-0.2, -0.15) is 0 Å². The van der Waals surface area contributed by atoms with Crippen LogP contribution in [0, 0.1) is 0 Å². The lowest BCUT2D eigenvalue weighted by molar-refractivity contribution is 0.809. The number of benzene rings is 2. The van der Waals surface area contributed by atoms with Crippen LogP contribution in [0.3, 0.4) is 0 Å². The zero-order valence-electron chi connectivity index (χ0n) is 16.9. The molecule has 0 radical (unpaired) electrons. The van der Waals surface area contributed by atoms with Gasteiger partial charge < -0.3 is 4.98 Å². The molecule has 0 bridgehead atoms. The lowest BCUT2D eigenvalue weighted by Gasteiger charge is -2.12. The zero-order valence-corrected chi connectivity index (χ0v) is 17.7. The molecule has 0 aliphatic heterocycles. The number of tetrazole rings is 1. The van der Waals surface area contributed by atoms with Gasteiger partial charge in [0.2, 0.25) is 0 Å². The summed E-state index contributed by atoms with van der Waals surface area (Å²) in [6, 6.07) is 15.1. The van der Waals surface area contributed by atoms with E-state index in [-0.39, 0.29) is 11.1 Å². The highest BCUT2D eigenvalue weighted by molar-refractivity contribution is 7.98. The fourth-order valence-corrected chi connectivity index (χ4v) is 4.37. The van der Waals surface area contributed by atoms with E-state index in [2.05, 4.69) is 45.5 Å². The van der Waals surface area contributed by atoms with Crippen LogP contribution in [-0.4, -0.2) is 50.1 Å². The van der Waals surface area contributed by atoms with E-state index in [0.29, 0.717) is 28.1 Å². The molecule has 160 valence electrons. The highest BCUT2D eigenvalue weighted by Crippen LogP contribution is 2.25. The van der Waals surface area contributed by atoms with E-state index in [1.807, 2.05) is 48.5 Å². The van der Waals surface area contributed by atoms with Gasteiger partial charge in [-0.15, -0.1) is 5.10 Å². The van der Waals surface area contributed by atoms with Crippen molar-refractivity contribution in [2.75, 3.05) is 0 Å². The van der Waals surface area contributed by atoms with Crippen LogP contribution < -0.4 is 5.56 Å². The first kappa shape index (κ1) is 19.3. The molecule has 0 atom stereocenters. The fraction of sp³-hybridized carbons (Fsp3) is 0.0476. The zero-order chi connectivity index (χ0) is 22.2. The summed E-state index contributed by atoms with van der Waals surface area (Å²) in [7, 11) is 0. The van der Waals surface area contributed by atoms with Crippen molar-refractivity contribution < 1.29 is 0 Å². The van der Waals surface area contributed by atoms with Crippen molar-refractivity contribution in [3.8, 4) is 17.1 Å². The minimum absolute atomic E-state index is 0.192. The Bertz CT molecular complexity index is 1620. The summed E-state index contributed by atoms with van der Waals surface area (Å²) in [6.45, 7) is 0. The smallest absolute Gasteiger partial charge is 0.286 e. The van der Waals surface area contributed by atoms with E-state index >= 15 is 0 Å². The van der Waals surface area contributed by atoms with Gasteiger partial charge in [-0.05, 0) is 34.7 Å². The average Bonchev–Trinajstić information content (AvgIpc) is 3.53. The Hall–Kier alpha value is -4.45. The highest BCUT2D eigenvalue weighted by atomic mass is 32.2. The standard InChI is InChI=1S/C21H14N10OS/c32-20-17-19(23-9-8-22-17)26-21(33-11-16-24-14-6-1-2-7-15(14)25-16)31(20)13-5-3-4-12(10-13)18-27-29-30-28-18/h1-10H,11H2,(H,24,25)(H,27,28,29,30). The number of imidazole rings is 1. The van der Waals surface area contributed by atoms with Crippen molar-refractivity contribution in [3.63, 3.8) is 0 Å². The average molecular weight is 454 g/mol. The van der Waals surface area contributed by atoms with Crippen molar-refractivity contribution >= 4 is 34.0 Å². The summed E-state index contributed by atoms with van der Waals surface area (Å²) in [6.07, 6.45) is 3.00. The number of fused-ring (bicyclic) bond motifs is 2. The van der Waals surface area contributed by atoms with E-state index in [1.54, 1.807) is 0 Å². The fourth-order valence-electron chi connectivity index (χ4n) is 3.50. The number of H-pyrrole nitrogens is 2. The highest BCUT2D eigenvalue weighted by Gasteiger charge is 2.17. The molecule has 6 aromatic rings. The molecule has 4 heterocycles. The predicted molar refractivity (Wildman–Crippen MR) is 122 cm³/mol. The van der Waals surface area contributed by atoms with Crippen LogP contribution in [0.4, 0.5) is 0 Å². The second-order valence-corrected chi connectivity index (χ2v) is 8.00. The molecule has 33 heavy (non-hydrogen) atoms. The maximum atomic E-state index is 13.4. The van der Waals surface area contributed by atoms with Crippen LogP contribution in [0.2, 0.25) is 0 Å². The Balaban J connectivity index is 1.46. The number of rotatable bonds is 5. The lowest BCUT2D eigenvalue weighted by Crippen LogP contribution is -2.23. The second kappa shape index (κ2) is 7.91. The van der Waals surface area contributed by atoms with E-state index in [4.69, 9.17) is 0 Å². The number of thioether (sulfide) groups is 1. The molecule has 6 rings (SSSR count). The summed E-state index contributed by atoms with van der Waals surface area (Å²) < 4.78 is 1.53. The topological polar surface area (TPSA) is 144 Å². The van der Waals surface area contributed by atoms with E-state index in [9.17, 15) is 4.79 Å². The molecule has 0 fully saturated rings. The number of aromatic amines is 2. The molecular weight excluding hydrogens is 440 g/mol. The Morgan fingerprint density at radius 1 is 1.00 bits per heavy atom. The lowest BCUT2D eigenvalue weighted by atomic mass is 10.2. The van der Waals surface area contributed by atoms with Gasteiger partial charge in [-0.1, -0.05) is 36.0 Å². The molecule has 4 aromatic heterocycles. The van der Waals surface area contributed by atoms with Gasteiger partial charge in [-0.25, -0.2) is 25.0 Å². The Labute approximate surface area is 189 Å². The van der Waals surface area contributed by atoms with Crippen molar-refractivity contribution in [1.29, 1.82) is 0 Å².